The van der Waals surface area contributed by atoms with Gasteiger partial charge in [-0.1, -0.05) is 53.3 Å². The molecule has 0 spiro atoms. The van der Waals surface area contributed by atoms with Gasteiger partial charge in [-0.05, 0) is 63.6 Å². The van der Waals surface area contributed by atoms with Gasteiger partial charge in [0.2, 0.25) is 0 Å². The molecule has 4 rings (SSSR count). The highest BCUT2D eigenvalue weighted by molar-refractivity contribution is 6.42. The fraction of sp³-hybridized carbons (Fsp3) is 0.348. The number of carbonyl (C=O) groups is 1. The number of hydrogen-bond acceptors (Lipinski definition) is 4. The first-order chi connectivity index (χ1) is 16.4. The Bertz CT molecular complexity index is 1430. The minimum atomic E-state index is -1.02. The average Bonchev–Trinajstić information content (AvgIpc) is 3.19. The van der Waals surface area contributed by atoms with Crippen molar-refractivity contribution in [2.45, 2.75) is 51.9 Å². The molecule has 0 saturated carbocycles. The van der Waals surface area contributed by atoms with Crippen molar-refractivity contribution < 1.29 is 9.32 Å². The van der Waals surface area contributed by atoms with Gasteiger partial charge in [0, 0.05) is 11.7 Å². The molecule has 1 aromatic heterocycles. The van der Waals surface area contributed by atoms with Crippen LogP contribution in [0.4, 0.5) is 10.5 Å². The Morgan fingerprint density at radius 2 is 1.46 bits per heavy atom. The topological polar surface area (TPSA) is 80.7 Å². The number of halogens is 4. The lowest BCUT2D eigenvalue weighted by Crippen LogP contribution is -2.50. The van der Waals surface area contributed by atoms with Crippen LogP contribution in [0.5, 0.6) is 0 Å². The number of aromatic nitrogens is 2. The van der Waals surface area contributed by atoms with Crippen LogP contribution in [-0.4, -0.2) is 31.8 Å². The van der Waals surface area contributed by atoms with E-state index in [1.807, 2.05) is 27.7 Å². The highest BCUT2D eigenvalue weighted by Crippen LogP contribution is 2.44. The number of urea groups is 1. The van der Waals surface area contributed by atoms with E-state index >= 15 is 0 Å². The SMILES string of the molecule is CC[C@H](C)N1C(=O)N(c2ccc(Cl)c(Cl)c2)[C@H](n2oc(=O)n(-c3ccc(Cl)c(Cl)c3)c2=O)C1(C)C. The zero-order valence-electron chi connectivity index (χ0n) is 19.3. The number of rotatable bonds is 5. The van der Waals surface area contributed by atoms with Crippen molar-refractivity contribution in [1.82, 2.24) is 14.2 Å². The van der Waals surface area contributed by atoms with Gasteiger partial charge in [-0.25, -0.2) is 14.4 Å². The summed E-state index contributed by atoms with van der Waals surface area (Å²) >= 11 is 24.4. The van der Waals surface area contributed by atoms with Crippen molar-refractivity contribution in [3.05, 3.63) is 77.5 Å². The number of benzene rings is 2. The second-order valence-corrected chi connectivity index (χ2v) is 10.4. The van der Waals surface area contributed by atoms with Crippen LogP contribution in [0.1, 0.15) is 40.3 Å². The van der Waals surface area contributed by atoms with E-state index in [0.717, 1.165) is 9.31 Å². The molecule has 0 N–H and O–H groups in total. The van der Waals surface area contributed by atoms with Crippen LogP contribution >= 0.6 is 46.4 Å². The summed E-state index contributed by atoms with van der Waals surface area (Å²) in [6, 6.07) is 8.50. The van der Waals surface area contributed by atoms with Gasteiger partial charge in [-0.3, -0.25) is 4.90 Å². The molecule has 1 aliphatic heterocycles. The molecule has 0 bridgehead atoms. The quantitative estimate of drug-likeness (QED) is 0.371. The Hall–Kier alpha value is -2.39. The fourth-order valence-corrected chi connectivity index (χ4v) is 5.04. The van der Waals surface area contributed by atoms with Gasteiger partial charge in [0.15, 0.2) is 6.17 Å². The summed E-state index contributed by atoms with van der Waals surface area (Å²) in [7, 11) is 0. The first kappa shape index (κ1) is 25.7. The molecule has 1 aliphatic rings. The molecule has 1 saturated heterocycles. The maximum Gasteiger partial charge on any atom is 0.447 e. The largest absolute Gasteiger partial charge is 0.447 e. The summed E-state index contributed by atoms with van der Waals surface area (Å²) in [5, 5.41) is 0.980. The van der Waals surface area contributed by atoms with Gasteiger partial charge >= 0.3 is 17.5 Å². The standard InChI is InChI=1S/C23H22Cl4N4O4/c1-5-12(2)30-20(32)28(13-6-8-15(24)17(26)10-13)19(23(30,3)4)31-21(33)29(22(34)35-31)14-7-9-16(25)18(27)11-14/h6-12,19H,5H2,1-4H3/t12-,19+/m0/s1. The molecule has 2 heterocycles. The number of hydrogen-bond donors (Lipinski definition) is 0. The monoisotopic (exact) mass is 558 g/mol. The van der Waals surface area contributed by atoms with Crippen molar-refractivity contribution in [2.24, 2.45) is 0 Å². The van der Waals surface area contributed by atoms with Crippen LogP contribution < -0.4 is 16.3 Å². The first-order valence-electron chi connectivity index (χ1n) is 10.8. The molecule has 3 aromatic rings. The molecule has 1 fully saturated rings. The highest BCUT2D eigenvalue weighted by atomic mass is 35.5. The lowest BCUT2D eigenvalue weighted by molar-refractivity contribution is 0.0756. The van der Waals surface area contributed by atoms with Crippen molar-refractivity contribution in [1.29, 1.82) is 0 Å². The molecule has 186 valence electrons. The van der Waals surface area contributed by atoms with Gasteiger partial charge < -0.3 is 9.42 Å². The van der Waals surface area contributed by atoms with E-state index < -0.39 is 23.2 Å². The average molecular weight is 560 g/mol. The zero-order valence-corrected chi connectivity index (χ0v) is 22.3. The molecule has 0 unspecified atom stereocenters. The normalized spacial score (nSPS) is 18.4. The number of carbonyl (C=O) groups excluding carboxylic acids is 1. The van der Waals surface area contributed by atoms with E-state index in [9.17, 15) is 14.4 Å². The van der Waals surface area contributed by atoms with Gasteiger partial charge in [0.1, 0.15) is 0 Å². The molecule has 8 nitrogen and oxygen atoms in total. The Labute approximate surface area is 221 Å². The van der Waals surface area contributed by atoms with E-state index in [1.54, 1.807) is 17.0 Å². The van der Waals surface area contributed by atoms with Crippen molar-refractivity contribution in [3.8, 4) is 5.69 Å². The van der Waals surface area contributed by atoms with E-state index in [4.69, 9.17) is 50.9 Å². The molecule has 12 heteroatoms. The number of anilines is 1. The summed E-state index contributed by atoms with van der Waals surface area (Å²) in [5.41, 5.74) is -1.18. The van der Waals surface area contributed by atoms with E-state index in [1.165, 1.54) is 29.2 Å². The summed E-state index contributed by atoms with van der Waals surface area (Å²) in [5.74, 6) is -0.937. The predicted octanol–water partition coefficient (Wildman–Crippen LogP) is 6.22. The molecular formula is C23H22Cl4N4O4. The first-order valence-corrected chi connectivity index (χ1v) is 12.3. The van der Waals surface area contributed by atoms with Crippen LogP contribution in [0, 0.1) is 0 Å². The van der Waals surface area contributed by atoms with Crippen LogP contribution in [0.3, 0.4) is 0 Å². The molecule has 0 aliphatic carbocycles. The number of amides is 2. The van der Waals surface area contributed by atoms with Crippen molar-refractivity contribution in [3.63, 3.8) is 0 Å². The fourth-order valence-electron chi connectivity index (χ4n) is 4.46. The van der Waals surface area contributed by atoms with E-state index in [2.05, 4.69) is 0 Å². The van der Waals surface area contributed by atoms with Crippen molar-refractivity contribution in [2.75, 3.05) is 4.90 Å². The number of nitrogens with zero attached hydrogens (tertiary/aromatic N) is 4. The van der Waals surface area contributed by atoms with E-state index in [-0.39, 0.29) is 32.8 Å². The smallest absolute Gasteiger partial charge is 0.314 e. The van der Waals surface area contributed by atoms with Gasteiger partial charge in [0.25, 0.3) is 0 Å². The molecule has 2 atom stereocenters. The third kappa shape index (κ3) is 4.16. The molecule has 35 heavy (non-hydrogen) atoms. The second-order valence-electron chi connectivity index (χ2n) is 8.80. The maximum atomic E-state index is 13.8. The van der Waals surface area contributed by atoms with Gasteiger partial charge in [0.05, 0.1) is 31.3 Å². The summed E-state index contributed by atoms with van der Waals surface area (Å²) in [4.78, 5) is 43.2. The third-order valence-corrected chi connectivity index (χ3v) is 7.72. The van der Waals surface area contributed by atoms with Crippen LogP contribution in [0.15, 0.2) is 50.5 Å². The summed E-state index contributed by atoms with van der Waals surface area (Å²) in [6.07, 6.45) is -0.356. The second kappa shape index (κ2) is 9.24. The van der Waals surface area contributed by atoms with Gasteiger partial charge in [-0.2, -0.15) is 4.57 Å². The van der Waals surface area contributed by atoms with Crippen molar-refractivity contribution >= 4 is 58.1 Å². The minimum absolute atomic E-state index is 0.167. The predicted molar refractivity (Wildman–Crippen MR) is 138 cm³/mol. The lowest BCUT2D eigenvalue weighted by Gasteiger charge is -2.37. The summed E-state index contributed by atoms with van der Waals surface area (Å²) in [6.45, 7) is 7.48. The maximum absolute atomic E-state index is 13.8. The van der Waals surface area contributed by atoms with E-state index in [0.29, 0.717) is 17.1 Å². The molecule has 2 aromatic carbocycles. The van der Waals surface area contributed by atoms with Crippen LogP contribution in [0.2, 0.25) is 20.1 Å². The molecule has 0 radical (unpaired) electrons. The zero-order chi connectivity index (χ0) is 25.8. The van der Waals surface area contributed by atoms with Crippen LogP contribution in [0.25, 0.3) is 5.69 Å². The Balaban J connectivity index is 1.95. The third-order valence-electron chi connectivity index (χ3n) is 6.24. The molecular weight excluding hydrogens is 538 g/mol. The van der Waals surface area contributed by atoms with Crippen LogP contribution in [-0.2, 0) is 0 Å². The minimum Gasteiger partial charge on any atom is -0.314 e. The lowest BCUT2D eigenvalue weighted by atomic mass is 9.98. The summed E-state index contributed by atoms with van der Waals surface area (Å²) < 4.78 is 7.21. The molecule has 2 amide bonds. The Kier molecular flexibility index (Phi) is 6.79. The van der Waals surface area contributed by atoms with Gasteiger partial charge in [-0.15, -0.1) is 4.74 Å². The Morgan fingerprint density at radius 3 is 2.00 bits per heavy atom. The highest BCUT2D eigenvalue weighted by Gasteiger charge is 2.56. The Morgan fingerprint density at radius 1 is 0.914 bits per heavy atom.